The summed E-state index contributed by atoms with van der Waals surface area (Å²) in [5.74, 6) is 0. The maximum Gasteiger partial charge on any atom is 0.00387 e. The molecule has 0 aromatic rings. The third kappa shape index (κ3) is 11.9. The van der Waals surface area contributed by atoms with Crippen molar-refractivity contribution in [2.75, 3.05) is 0 Å². The molecule has 92 valence electrons. The molecule has 1 atom stereocenters. The molecule has 2 N–H and O–H groups in total. The molecule has 0 amide bonds. The van der Waals surface area contributed by atoms with Crippen molar-refractivity contribution in [1.29, 1.82) is 0 Å². The van der Waals surface area contributed by atoms with Crippen molar-refractivity contribution in [2.24, 2.45) is 5.73 Å². The Morgan fingerprint density at radius 2 is 1.20 bits per heavy atom. The summed E-state index contributed by atoms with van der Waals surface area (Å²) in [4.78, 5) is 0. The van der Waals surface area contributed by atoms with Crippen molar-refractivity contribution < 1.29 is 0 Å². The molecular formula is C14H31N. The highest BCUT2D eigenvalue weighted by Crippen LogP contribution is 2.11. The summed E-state index contributed by atoms with van der Waals surface area (Å²) in [5, 5.41) is 0. The minimum absolute atomic E-state index is 0.468. The molecule has 0 aromatic carbocycles. The quantitative estimate of drug-likeness (QED) is 0.497. The van der Waals surface area contributed by atoms with Crippen LogP contribution in [-0.4, -0.2) is 6.04 Å². The van der Waals surface area contributed by atoms with E-state index in [1.807, 2.05) is 0 Å². The second kappa shape index (κ2) is 12.0. The van der Waals surface area contributed by atoms with E-state index < -0.39 is 0 Å². The van der Waals surface area contributed by atoms with Crippen LogP contribution in [0.2, 0.25) is 0 Å². The van der Waals surface area contributed by atoms with Gasteiger partial charge < -0.3 is 5.73 Å². The van der Waals surface area contributed by atoms with Crippen molar-refractivity contribution in [3.63, 3.8) is 0 Å². The highest BCUT2D eigenvalue weighted by atomic mass is 14.6. The van der Waals surface area contributed by atoms with Gasteiger partial charge in [-0.3, -0.25) is 0 Å². The van der Waals surface area contributed by atoms with Gasteiger partial charge in [0.15, 0.2) is 0 Å². The van der Waals surface area contributed by atoms with Crippen LogP contribution in [0.15, 0.2) is 0 Å². The summed E-state index contributed by atoms with van der Waals surface area (Å²) in [6.45, 7) is 4.49. The zero-order valence-electron chi connectivity index (χ0n) is 10.9. The van der Waals surface area contributed by atoms with Gasteiger partial charge in [-0.15, -0.1) is 0 Å². The maximum atomic E-state index is 5.96. The molecule has 0 aliphatic rings. The monoisotopic (exact) mass is 213 g/mol. The van der Waals surface area contributed by atoms with Gasteiger partial charge in [0.05, 0.1) is 0 Å². The van der Waals surface area contributed by atoms with Gasteiger partial charge in [0.1, 0.15) is 0 Å². The third-order valence-corrected chi connectivity index (χ3v) is 3.09. The summed E-state index contributed by atoms with van der Waals surface area (Å²) < 4.78 is 0. The summed E-state index contributed by atoms with van der Waals surface area (Å²) in [5.41, 5.74) is 5.96. The fourth-order valence-electron chi connectivity index (χ4n) is 2.06. The molecule has 0 aromatic heterocycles. The number of hydrogen-bond donors (Lipinski definition) is 1. The van der Waals surface area contributed by atoms with E-state index in [1.165, 1.54) is 70.6 Å². The predicted octanol–water partition coefficient (Wildman–Crippen LogP) is 4.64. The lowest BCUT2D eigenvalue weighted by Crippen LogP contribution is -2.18. The van der Waals surface area contributed by atoms with E-state index in [2.05, 4.69) is 13.8 Å². The SMILES string of the molecule is CCCCCCCCCC[C@H](N)CCC. The van der Waals surface area contributed by atoms with Gasteiger partial charge >= 0.3 is 0 Å². The van der Waals surface area contributed by atoms with Crippen molar-refractivity contribution in [1.82, 2.24) is 0 Å². The molecule has 0 bridgehead atoms. The van der Waals surface area contributed by atoms with E-state index >= 15 is 0 Å². The molecular weight excluding hydrogens is 182 g/mol. The molecule has 0 aliphatic carbocycles. The number of rotatable bonds is 11. The highest BCUT2D eigenvalue weighted by Gasteiger charge is 1.99. The topological polar surface area (TPSA) is 26.0 Å². The zero-order valence-corrected chi connectivity index (χ0v) is 10.9. The van der Waals surface area contributed by atoms with Crippen LogP contribution in [0.25, 0.3) is 0 Å². The molecule has 0 radical (unpaired) electrons. The van der Waals surface area contributed by atoms with Crippen LogP contribution in [0, 0.1) is 0 Å². The zero-order chi connectivity index (χ0) is 11.4. The lowest BCUT2D eigenvalue weighted by Gasteiger charge is -2.09. The Kier molecular flexibility index (Phi) is 12.0. The van der Waals surface area contributed by atoms with Gasteiger partial charge in [0.25, 0.3) is 0 Å². The van der Waals surface area contributed by atoms with Crippen molar-refractivity contribution in [3.05, 3.63) is 0 Å². The van der Waals surface area contributed by atoms with Crippen LogP contribution in [0.1, 0.15) is 84.5 Å². The number of nitrogens with two attached hydrogens (primary N) is 1. The first-order valence-corrected chi connectivity index (χ1v) is 7.06. The summed E-state index contributed by atoms with van der Waals surface area (Å²) in [6.07, 6.45) is 14.9. The predicted molar refractivity (Wildman–Crippen MR) is 70.1 cm³/mol. The Hall–Kier alpha value is -0.0400. The van der Waals surface area contributed by atoms with E-state index in [1.54, 1.807) is 0 Å². The second-order valence-electron chi connectivity index (χ2n) is 4.81. The van der Waals surface area contributed by atoms with Crippen molar-refractivity contribution in [2.45, 2.75) is 90.5 Å². The molecule has 0 rings (SSSR count). The number of hydrogen-bond acceptors (Lipinski definition) is 1. The van der Waals surface area contributed by atoms with E-state index in [4.69, 9.17) is 5.73 Å². The van der Waals surface area contributed by atoms with Crippen LogP contribution in [-0.2, 0) is 0 Å². The van der Waals surface area contributed by atoms with Crippen LogP contribution in [0.5, 0.6) is 0 Å². The van der Waals surface area contributed by atoms with Gasteiger partial charge in [-0.2, -0.15) is 0 Å². The fraction of sp³-hybridized carbons (Fsp3) is 1.00. The van der Waals surface area contributed by atoms with Gasteiger partial charge in [-0.1, -0.05) is 71.6 Å². The maximum absolute atomic E-state index is 5.96. The molecule has 0 fully saturated rings. The average molecular weight is 213 g/mol. The van der Waals surface area contributed by atoms with Crippen LogP contribution < -0.4 is 5.73 Å². The molecule has 0 unspecified atom stereocenters. The molecule has 0 aliphatic heterocycles. The minimum Gasteiger partial charge on any atom is -0.328 e. The first kappa shape index (κ1) is 15.0. The van der Waals surface area contributed by atoms with Crippen LogP contribution in [0.3, 0.4) is 0 Å². The summed E-state index contributed by atoms with van der Waals surface area (Å²) in [7, 11) is 0. The molecule has 0 heterocycles. The molecule has 1 nitrogen and oxygen atoms in total. The molecule has 0 saturated heterocycles. The summed E-state index contributed by atoms with van der Waals surface area (Å²) in [6, 6.07) is 0.468. The van der Waals surface area contributed by atoms with Crippen LogP contribution in [0.4, 0.5) is 0 Å². The normalized spacial score (nSPS) is 13.0. The lowest BCUT2D eigenvalue weighted by molar-refractivity contribution is 0.504. The summed E-state index contributed by atoms with van der Waals surface area (Å²) >= 11 is 0. The molecule has 15 heavy (non-hydrogen) atoms. The average Bonchev–Trinajstić information content (AvgIpc) is 2.22. The van der Waals surface area contributed by atoms with E-state index in [-0.39, 0.29) is 0 Å². The van der Waals surface area contributed by atoms with E-state index in [9.17, 15) is 0 Å². The Morgan fingerprint density at radius 3 is 1.73 bits per heavy atom. The fourth-order valence-corrected chi connectivity index (χ4v) is 2.06. The van der Waals surface area contributed by atoms with Gasteiger partial charge in [0.2, 0.25) is 0 Å². The molecule has 1 heteroatoms. The van der Waals surface area contributed by atoms with Gasteiger partial charge in [-0.25, -0.2) is 0 Å². The standard InChI is InChI=1S/C14H31N/c1-3-5-6-7-8-9-10-11-13-14(15)12-4-2/h14H,3-13,15H2,1-2H3/t14-/m1/s1. The Morgan fingerprint density at radius 1 is 0.667 bits per heavy atom. The first-order chi connectivity index (χ1) is 7.31. The Bertz CT molecular complexity index is 112. The highest BCUT2D eigenvalue weighted by molar-refractivity contribution is 4.60. The van der Waals surface area contributed by atoms with Crippen LogP contribution >= 0.6 is 0 Å². The molecule has 0 saturated carbocycles. The lowest BCUT2D eigenvalue weighted by atomic mass is 10.0. The second-order valence-corrected chi connectivity index (χ2v) is 4.81. The van der Waals surface area contributed by atoms with Gasteiger partial charge in [-0.05, 0) is 12.8 Å². The Labute approximate surface area is 96.8 Å². The third-order valence-electron chi connectivity index (χ3n) is 3.09. The van der Waals surface area contributed by atoms with Gasteiger partial charge in [0, 0.05) is 6.04 Å². The van der Waals surface area contributed by atoms with E-state index in [0.29, 0.717) is 6.04 Å². The Balaban J connectivity index is 2.98. The molecule has 0 spiro atoms. The minimum atomic E-state index is 0.468. The van der Waals surface area contributed by atoms with Crippen molar-refractivity contribution in [3.8, 4) is 0 Å². The van der Waals surface area contributed by atoms with E-state index in [0.717, 1.165) is 0 Å². The van der Waals surface area contributed by atoms with Crippen molar-refractivity contribution >= 4 is 0 Å². The largest absolute Gasteiger partial charge is 0.328 e. The first-order valence-electron chi connectivity index (χ1n) is 7.06. The smallest absolute Gasteiger partial charge is 0.00387 e. The number of unbranched alkanes of at least 4 members (excludes halogenated alkanes) is 7.